The Balaban J connectivity index is 1.39. The molecule has 1 aromatic heterocycles. The third kappa shape index (κ3) is 3.60. The van der Waals surface area contributed by atoms with E-state index >= 15 is 0 Å². The minimum atomic E-state index is -0.215. The first kappa shape index (κ1) is 18.1. The molecule has 0 bridgehead atoms. The summed E-state index contributed by atoms with van der Waals surface area (Å²) in [5, 5.41) is 5.03. The van der Waals surface area contributed by atoms with Crippen molar-refractivity contribution in [2.45, 2.75) is 19.3 Å². The van der Waals surface area contributed by atoms with Crippen LogP contribution in [0.25, 0.3) is 11.1 Å². The Labute approximate surface area is 167 Å². The maximum absolute atomic E-state index is 12.2. The molecule has 0 spiro atoms. The van der Waals surface area contributed by atoms with Gasteiger partial charge in [0.2, 0.25) is 0 Å². The molecule has 0 fully saturated rings. The van der Waals surface area contributed by atoms with E-state index in [1.54, 1.807) is 5.38 Å². The fourth-order valence-electron chi connectivity index (χ4n) is 3.46. The van der Waals surface area contributed by atoms with E-state index in [9.17, 15) is 9.59 Å². The number of terminal acetylenes is 1. The van der Waals surface area contributed by atoms with Crippen LogP contribution >= 0.6 is 11.3 Å². The number of ketones is 1. The van der Waals surface area contributed by atoms with Gasteiger partial charge in [0.15, 0.2) is 10.8 Å². The molecular weight excluding hydrogens is 368 g/mol. The van der Waals surface area contributed by atoms with Crippen molar-refractivity contribution in [1.82, 2.24) is 10.3 Å². The summed E-state index contributed by atoms with van der Waals surface area (Å²) in [7, 11) is 0. The van der Waals surface area contributed by atoms with Gasteiger partial charge in [-0.1, -0.05) is 42.5 Å². The zero-order chi connectivity index (χ0) is 19.5. The van der Waals surface area contributed by atoms with Gasteiger partial charge in [-0.25, -0.2) is 4.98 Å². The maximum atomic E-state index is 12.2. The van der Waals surface area contributed by atoms with E-state index in [0.717, 1.165) is 34.2 Å². The second-order valence-electron chi connectivity index (χ2n) is 6.65. The Morgan fingerprint density at radius 1 is 1.18 bits per heavy atom. The summed E-state index contributed by atoms with van der Waals surface area (Å²) in [6, 6.07) is 14.2. The van der Waals surface area contributed by atoms with E-state index in [-0.39, 0.29) is 11.7 Å². The van der Waals surface area contributed by atoms with Gasteiger partial charge in [0, 0.05) is 23.9 Å². The minimum absolute atomic E-state index is 0.215. The Bertz CT molecular complexity index is 1090. The number of aryl methyl sites for hydroxylation is 1. The molecule has 138 valence electrons. The largest absolute Gasteiger partial charge is 0.350 e. The predicted octanol–water partition coefficient (Wildman–Crippen LogP) is 3.89. The molecule has 0 unspecified atom stereocenters. The number of thiazole rings is 1. The number of benzene rings is 2. The summed E-state index contributed by atoms with van der Waals surface area (Å²) in [6.07, 6.45) is 7.43. The standard InChI is InChI=1S/C23H18N2O2S/c1-2-21-25-19(14-28-21)23(27)24-13-12-15-6-8-16(9-7-15)18-5-3-4-17-10-11-20(26)22(17)18/h1,3-9,14H,10-13H2,(H,24,27). The van der Waals surface area contributed by atoms with Crippen molar-refractivity contribution < 1.29 is 9.59 Å². The van der Waals surface area contributed by atoms with Crippen molar-refractivity contribution in [1.29, 1.82) is 0 Å². The topological polar surface area (TPSA) is 59.1 Å². The van der Waals surface area contributed by atoms with Crippen molar-refractivity contribution in [2.75, 3.05) is 6.54 Å². The van der Waals surface area contributed by atoms with Crippen molar-refractivity contribution in [3.8, 4) is 23.5 Å². The Kier molecular flexibility index (Phi) is 5.05. The molecule has 4 nitrogen and oxygen atoms in total. The monoisotopic (exact) mass is 386 g/mol. The molecule has 5 heteroatoms. The number of Topliss-reactive ketones (excluding diaryl/α,β-unsaturated/α-hetero) is 1. The lowest BCUT2D eigenvalue weighted by Crippen LogP contribution is -2.25. The lowest BCUT2D eigenvalue weighted by atomic mass is 9.95. The molecule has 0 saturated carbocycles. The third-order valence-electron chi connectivity index (χ3n) is 4.88. The van der Waals surface area contributed by atoms with Gasteiger partial charge in [-0.2, -0.15) is 0 Å². The zero-order valence-electron chi connectivity index (χ0n) is 15.2. The van der Waals surface area contributed by atoms with Gasteiger partial charge in [0.25, 0.3) is 5.91 Å². The number of nitrogens with one attached hydrogen (secondary N) is 1. The fraction of sp³-hybridized carbons (Fsp3) is 0.174. The molecule has 0 aliphatic heterocycles. The zero-order valence-corrected chi connectivity index (χ0v) is 16.0. The molecule has 1 aliphatic rings. The van der Waals surface area contributed by atoms with Crippen LogP contribution in [0.1, 0.15) is 43.4 Å². The predicted molar refractivity (Wildman–Crippen MR) is 111 cm³/mol. The summed E-state index contributed by atoms with van der Waals surface area (Å²) >= 11 is 1.28. The van der Waals surface area contributed by atoms with Crippen LogP contribution in [-0.2, 0) is 12.8 Å². The van der Waals surface area contributed by atoms with Crippen LogP contribution < -0.4 is 5.32 Å². The summed E-state index contributed by atoms with van der Waals surface area (Å²) < 4.78 is 0. The number of rotatable bonds is 5. The van der Waals surface area contributed by atoms with E-state index in [1.807, 2.05) is 42.5 Å². The Morgan fingerprint density at radius 3 is 2.75 bits per heavy atom. The number of carbonyl (C=O) groups excluding carboxylic acids is 2. The molecule has 1 amide bonds. The van der Waals surface area contributed by atoms with Gasteiger partial charge in [-0.3, -0.25) is 9.59 Å². The highest BCUT2D eigenvalue weighted by atomic mass is 32.1. The van der Waals surface area contributed by atoms with Gasteiger partial charge in [0.05, 0.1) is 0 Å². The highest BCUT2D eigenvalue weighted by molar-refractivity contribution is 7.10. The Hall–Kier alpha value is -3.23. The number of hydrogen-bond acceptors (Lipinski definition) is 4. The summed E-state index contributed by atoms with van der Waals surface area (Å²) in [4.78, 5) is 28.4. The SMILES string of the molecule is C#Cc1nc(C(=O)NCCc2ccc(-c3cccc4c3C(=O)CC4)cc2)cs1. The Morgan fingerprint density at radius 2 is 2.00 bits per heavy atom. The average Bonchev–Trinajstić information content (AvgIpc) is 3.36. The number of carbonyl (C=O) groups is 2. The van der Waals surface area contributed by atoms with Gasteiger partial charge in [-0.05, 0) is 41.0 Å². The number of nitrogens with zero attached hydrogens (tertiary/aromatic N) is 1. The normalized spacial score (nSPS) is 12.5. The molecule has 3 aromatic rings. The van der Waals surface area contributed by atoms with Crippen molar-refractivity contribution >= 4 is 23.0 Å². The molecule has 0 atom stereocenters. The molecule has 4 rings (SSSR count). The second-order valence-corrected chi connectivity index (χ2v) is 7.51. The van der Waals surface area contributed by atoms with Gasteiger partial charge < -0.3 is 5.32 Å². The second kappa shape index (κ2) is 7.79. The first-order valence-corrected chi connectivity index (χ1v) is 9.98. The van der Waals surface area contributed by atoms with E-state index in [2.05, 4.69) is 16.2 Å². The first-order valence-electron chi connectivity index (χ1n) is 9.10. The molecule has 1 heterocycles. The van der Waals surface area contributed by atoms with Crippen LogP contribution in [0, 0.1) is 12.3 Å². The molecule has 1 aliphatic carbocycles. The average molecular weight is 386 g/mol. The number of aromatic nitrogens is 1. The number of hydrogen-bond donors (Lipinski definition) is 1. The van der Waals surface area contributed by atoms with E-state index < -0.39 is 0 Å². The van der Waals surface area contributed by atoms with Crippen molar-refractivity contribution in [2.24, 2.45) is 0 Å². The quantitative estimate of drug-likeness (QED) is 0.677. The minimum Gasteiger partial charge on any atom is -0.350 e. The highest BCUT2D eigenvalue weighted by Crippen LogP contribution is 2.32. The van der Waals surface area contributed by atoms with Gasteiger partial charge >= 0.3 is 0 Å². The van der Waals surface area contributed by atoms with E-state index in [1.165, 1.54) is 11.3 Å². The lowest BCUT2D eigenvalue weighted by molar-refractivity contribution is 0.0948. The van der Waals surface area contributed by atoms with Gasteiger partial charge in [0.1, 0.15) is 5.69 Å². The summed E-state index contributed by atoms with van der Waals surface area (Å²) in [5.41, 5.74) is 5.54. The molecule has 1 N–H and O–H groups in total. The van der Waals surface area contributed by atoms with Crippen LogP contribution in [0.2, 0.25) is 0 Å². The van der Waals surface area contributed by atoms with E-state index in [0.29, 0.717) is 30.1 Å². The van der Waals surface area contributed by atoms with E-state index in [4.69, 9.17) is 6.42 Å². The molecular formula is C23H18N2O2S. The molecule has 2 aromatic carbocycles. The van der Waals surface area contributed by atoms with Crippen LogP contribution in [0.15, 0.2) is 47.8 Å². The number of fused-ring (bicyclic) bond motifs is 1. The van der Waals surface area contributed by atoms with Crippen LogP contribution in [-0.4, -0.2) is 23.2 Å². The van der Waals surface area contributed by atoms with Gasteiger partial charge in [-0.15, -0.1) is 17.8 Å². The first-order chi connectivity index (χ1) is 13.7. The molecule has 28 heavy (non-hydrogen) atoms. The van der Waals surface area contributed by atoms with Crippen molar-refractivity contribution in [3.05, 3.63) is 75.2 Å². The molecule has 0 saturated heterocycles. The maximum Gasteiger partial charge on any atom is 0.270 e. The smallest absolute Gasteiger partial charge is 0.270 e. The van der Waals surface area contributed by atoms with Crippen LogP contribution in [0.4, 0.5) is 0 Å². The highest BCUT2D eigenvalue weighted by Gasteiger charge is 2.22. The fourth-order valence-corrected chi connectivity index (χ4v) is 4.06. The summed E-state index contributed by atoms with van der Waals surface area (Å²) in [6.45, 7) is 0.514. The lowest BCUT2D eigenvalue weighted by Gasteiger charge is -2.09. The van der Waals surface area contributed by atoms with Crippen LogP contribution in [0.5, 0.6) is 0 Å². The summed E-state index contributed by atoms with van der Waals surface area (Å²) in [5.74, 6) is 2.44. The van der Waals surface area contributed by atoms with Crippen LogP contribution in [0.3, 0.4) is 0 Å². The van der Waals surface area contributed by atoms with Crippen molar-refractivity contribution in [3.63, 3.8) is 0 Å². The number of amides is 1. The molecule has 0 radical (unpaired) electrons. The third-order valence-corrected chi connectivity index (χ3v) is 5.65.